The molecule has 0 radical (unpaired) electrons. The smallest absolute Gasteiger partial charge is 0.0248 e. The van der Waals surface area contributed by atoms with Crippen LogP contribution in [0.2, 0.25) is 0 Å². The molecule has 0 amide bonds. The van der Waals surface area contributed by atoms with E-state index in [1.807, 2.05) is 0 Å². The van der Waals surface area contributed by atoms with Crippen molar-refractivity contribution in [2.75, 3.05) is 0 Å². The highest BCUT2D eigenvalue weighted by Gasteiger charge is 2.21. The van der Waals surface area contributed by atoms with E-state index in [0.717, 1.165) is 5.92 Å². The first kappa shape index (κ1) is 7.85. The average molecular weight is 160 g/mol. The zero-order valence-corrected chi connectivity index (χ0v) is 7.93. The van der Waals surface area contributed by atoms with Gasteiger partial charge in [0, 0.05) is 0 Å². The van der Waals surface area contributed by atoms with E-state index in [0.29, 0.717) is 0 Å². The summed E-state index contributed by atoms with van der Waals surface area (Å²) in [5.74, 6) is 1.01. The highest BCUT2D eigenvalue weighted by atomic mass is 14.3. The Hall–Kier alpha value is -0.780. The van der Waals surface area contributed by atoms with E-state index in [2.05, 4.69) is 32.0 Å². The van der Waals surface area contributed by atoms with Gasteiger partial charge in [0.2, 0.25) is 0 Å². The summed E-state index contributed by atoms with van der Waals surface area (Å²) in [6.07, 6.45) is 4.22. The standard InChI is InChI=1S/C12H16/c1-9-3-4-10(2)12(7-9)8-11-5-6-11/h3-4,7,11H,5-6,8H2,1-2H3. The van der Waals surface area contributed by atoms with E-state index in [4.69, 9.17) is 0 Å². The first-order valence-corrected chi connectivity index (χ1v) is 4.82. The van der Waals surface area contributed by atoms with Gasteiger partial charge in [-0.3, -0.25) is 0 Å². The zero-order chi connectivity index (χ0) is 8.55. The van der Waals surface area contributed by atoms with Crippen LogP contribution in [-0.4, -0.2) is 0 Å². The Bertz CT molecular complexity index is 282. The second kappa shape index (κ2) is 2.93. The Morgan fingerprint density at radius 2 is 2.00 bits per heavy atom. The molecule has 0 nitrogen and oxygen atoms in total. The van der Waals surface area contributed by atoms with Gasteiger partial charge in [0.15, 0.2) is 0 Å². The molecule has 1 aromatic carbocycles. The van der Waals surface area contributed by atoms with Crippen molar-refractivity contribution in [2.24, 2.45) is 5.92 Å². The molecule has 0 bridgehead atoms. The van der Waals surface area contributed by atoms with Crippen molar-refractivity contribution in [2.45, 2.75) is 33.1 Å². The normalized spacial score (nSPS) is 16.5. The molecule has 0 heteroatoms. The lowest BCUT2D eigenvalue weighted by Gasteiger charge is -2.05. The molecule has 0 N–H and O–H groups in total. The van der Waals surface area contributed by atoms with Crippen LogP contribution < -0.4 is 0 Å². The maximum absolute atomic E-state index is 2.34. The molecule has 64 valence electrons. The summed E-state index contributed by atoms with van der Waals surface area (Å²) in [6, 6.07) is 6.78. The van der Waals surface area contributed by atoms with E-state index < -0.39 is 0 Å². The second-order valence-electron chi connectivity index (χ2n) is 4.08. The van der Waals surface area contributed by atoms with Crippen LogP contribution in [0.5, 0.6) is 0 Å². The first-order valence-electron chi connectivity index (χ1n) is 4.82. The fourth-order valence-electron chi connectivity index (χ4n) is 1.65. The van der Waals surface area contributed by atoms with E-state index in [1.165, 1.54) is 30.4 Å². The molecule has 12 heavy (non-hydrogen) atoms. The lowest BCUT2D eigenvalue weighted by atomic mass is 10.0. The fraction of sp³-hybridized carbons (Fsp3) is 0.500. The molecule has 1 fully saturated rings. The van der Waals surface area contributed by atoms with Gasteiger partial charge in [-0.05, 0) is 50.2 Å². The number of aryl methyl sites for hydroxylation is 2. The van der Waals surface area contributed by atoms with Crippen LogP contribution in [0.25, 0.3) is 0 Å². The Kier molecular flexibility index (Phi) is 1.92. The van der Waals surface area contributed by atoms with Crippen molar-refractivity contribution in [3.05, 3.63) is 34.9 Å². The highest BCUT2D eigenvalue weighted by molar-refractivity contribution is 5.31. The fourth-order valence-corrected chi connectivity index (χ4v) is 1.65. The van der Waals surface area contributed by atoms with Gasteiger partial charge in [0.25, 0.3) is 0 Å². The van der Waals surface area contributed by atoms with Gasteiger partial charge in [-0.15, -0.1) is 0 Å². The summed E-state index contributed by atoms with van der Waals surface area (Å²) in [5.41, 5.74) is 4.43. The van der Waals surface area contributed by atoms with Crippen molar-refractivity contribution >= 4 is 0 Å². The van der Waals surface area contributed by atoms with Gasteiger partial charge >= 0.3 is 0 Å². The van der Waals surface area contributed by atoms with Gasteiger partial charge in [-0.2, -0.15) is 0 Å². The number of hydrogen-bond donors (Lipinski definition) is 0. The molecular weight excluding hydrogens is 144 g/mol. The van der Waals surface area contributed by atoms with Crippen LogP contribution in [0.3, 0.4) is 0 Å². The van der Waals surface area contributed by atoms with Crippen molar-refractivity contribution < 1.29 is 0 Å². The van der Waals surface area contributed by atoms with Gasteiger partial charge in [-0.25, -0.2) is 0 Å². The minimum Gasteiger partial charge on any atom is -0.0590 e. The lowest BCUT2D eigenvalue weighted by molar-refractivity contribution is 0.825. The number of benzene rings is 1. The van der Waals surface area contributed by atoms with Crippen LogP contribution in [0, 0.1) is 19.8 Å². The van der Waals surface area contributed by atoms with Crippen LogP contribution in [0.4, 0.5) is 0 Å². The summed E-state index contributed by atoms with van der Waals surface area (Å²) < 4.78 is 0. The summed E-state index contributed by atoms with van der Waals surface area (Å²) in [5, 5.41) is 0. The van der Waals surface area contributed by atoms with Crippen LogP contribution in [0.15, 0.2) is 18.2 Å². The van der Waals surface area contributed by atoms with Crippen molar-refractivity contribution in [1.29, 1.82) is 0 Å². The molecule has 0 spiro atoms. The Morgan fingerprint density at radius 1 is 1.25 bits per heavy atom. The third-order valence-electron chi connectivity index (χ3n) is 2.71. The lowest BCUT2D eigenvalue weighted by Crippen LogP contribution is -1.91. The number of rotatable bonds is 2. The van der Waals surface area contributed by atoms with E-state index in [9.17, 15) is 0 Å². The summed E-state index contributed by atoms with van der Waals surface area (Å²) >= 11 is 0. The summed E-state index contributed by atoms with van der Waals surface area (Å²) in [4.78, 5) is 0. The molecule has 1 aromatic rings. The molecule has 0 atom stereocenters. The maximum atomic E-state index is 2.34. The Balaban J connectivity index is 2.21. The van der Waals surface area contributed by atoms with Crippen molar-refractivity contribution in [3.63, 3.8) is 0 Å². The maximum Gasteiger partial charge on any atom is -0.0248 e. The van der Waals surface area contributed by atoms with Crippen LogP contribution >= 0.6 is 0 Å². The van der Waals surface area contributed by atoms with E-state index >= 15 is 0 Å². The van der Waals surface area contributed by atoms with Crippen LogP contribution in [0.1, 0.15) is 29.5 Å². The quantitative estimate of drug-likeness (QED) is 0.623. The molecule has 2 rings (SSSR count). The topological polar surface area (TPSA) is 0 Å². The van der Waals surface area contributed by atoms with Gasteiger partial charge < -0.3 is 0 Å². The third-order valence-corrected chi connectivity index (χ3v) is 2.71. The number of hydrogen-bond acceptors (Lipinski definition) is 0. The average Bonchev–Trinajstić information content (AvgIpc) is 2.81. The Labute approximate surface area is 74.6 Å². The molecule has 0 unspecified atom stereocenters. The minimum atomic E-state index is 1.01. The Morgan fingerprint density at radius 3 is 2.67 bits per heavy atom. The van der Waals surface area contributed by atoms with Crippen LogP contribution in [-0.2, 0) is 6.42 Å². The molecule has 0 heterocycles. The molecule has 0 saturated heterocycles. The largest absolute Gasteiger partial charge is 0.0590 e. The first-order chi connectivity index (χ1) is 5.75. The summed E-state index contributed by atoms with van der Waals surface area (Å²) in [6.45, 7) is 4.40. The second-order valence-corrected chi connectivity index (χ2v) is 4.08. The third kappa shape index (κ3) is 1.69. The zero-order valence-electron chi connectivity index (χ0n) is 7.93. The van der Waals surface area contributed by atoms with Gasteiger partial charge in [0.05, 0.1) is 0 Å². The van der Waals surface area contributed by atoms with Gasteiger partial charge in [0.1, 0.15) is 0 Å². The van der Waals surface area contributed by atoms with E-state index in [-0.39, 0.29) is 0 Å². The van der Waals surface area contributed by atoms with Crippen molar-refractivity contribution in [3.8, 4) is 0 Å². The van der Waals surface area contributed by atoms with Crippen molar-refractivity contribution in [1.82, 2.24) is 0 Å². The predicted octanol–water partition coefficient (Wildman–Crippen LogP) is 3.26. The molecule has 1 aliphatic rings. The minimum absolute atomic E-state index is 1.01. The molecule has 1 aliphatic carbocycles. The predicted molar refractivity (Wildman–Crippen MR) is 52.3 cm³/mol. The molecular formula is C12H16. The SMILES string of the molecule is Cc1ccc(C)c(CC2CC2)c1. The van der Waals surface area contributed by atoms with Gasteiger partial charge in [-0.1, -0.05) is 23.8 Å². The highest BCUT2D eigenvalue weighted by Crippen LogP contribution is 2.33. The summed E-state index contributed by atoms with van der Waals surface area (Å²) in [7, 11) is 0. The monoisotopic (exact) mass is 160 g/mol. The molecule has 0 aromatic heterocycles. The molecule has 1 saturated carbocycles. The molecule has 0 aliphatic heterocycles. The van der Waals surface area contributed by atoms with E-state index in [1.54, 1.807) is 5.56 Å².